The van der Waals surface area contributed by atoms with Crippen molar-refractivity contribution in [1.29, 1.82) is 0 Å². The molecule has 1 N–H and O–H groups in total. The van der Waals surface area contributed by atoms with Gasteiger partial charge in [0.15, 0.2) is 9.84 Å². The lowest BCUT2D eigenvalue weighted by molar-refractivity contribution is 0.602. The summed E-state index contributed by atoms with van der Waals surface area (Å²) in [5.74, 6) is 0. The highest BCUT2D eigenvalue weighted by atomic mass is 79.9. The molecule has 2 aromatic rings. The van der Waals surface area contributed by atoms with Gasteiger partial charge in [0, 0.05) is 33.2 Å². The van der Waals surface area contributed by atoms with E-state index in [0.29, 0.717) is 11.4 Å². The fourth-order valence-electron chi connectivity index (χ4n) is 1.47. The van der Waals surface area contributed by atoms with E-state index in [2.05, 4.69) is 21.2 Å². The molecule has 2 rings (SSSR count). The normalized spacial score (nSPS) is 11.4. The second-order valence-electron chi connectivity index (χ2n) is 3.88. The Morgan fingerprint density at radius 3 is 2.72 bits per heavy atom. The number of rotatable bonds is 4. The van der Waals surface area contributed by atoms with Gasteiger partial charge < -0.3 is 5.32 Å². The maximum atomic E-state index is 11.4. The van der Waals surface area contributed by atoms with Crippen LogP contribution >= 0.6 is 27.3 Å². The van der Waals surface area contributed by atoms with Crippen LogP contribution in [0.15, 0.2) is 45.1 Å². The number of hydrogen-bond donors (Lipinski definition) is 1. The first kappa shape index (κ1) is 13.6. The first-order valence-electron chi connectivity index (χ1n) is 5.22. The molecule has 0 atom stereocenters. The van der Waals surface area contributed by atoms with Crippen LogP contribution < -0.4 is 5.32 Å². The molecule has 1 aromatic carbocycles. The SMILES string of the molecule is CS(=O)(=O)c1cccc(NCc2cc(Br)cs2)c1. The fraction of sp³-hybridized carbons (Fsp3) is 0.167. The summed E-state index contributed by atoms with van der Waals surface area (Å²) in [7, 11) is -3.15. The summed E-state index contributed by atoms with van der Waals surface area (Å²) in [6, 6.07) is 8.89. The third-order valence-corrected chi connectivity index (χ3v) is 5.16. The van der Waals surface area contributed by atoms with E-state index in [4.69, 9.17) is 0 Å². The van der Waals surface area contributed by atoms with Crippen LogP contribution in [0.25, 0.3) is 0 Å². The summed E-state index contributed by atoms with van der Waals surface area (Å²) in [5.41, 5.74) is 0.808. The molecule has 0 amide bonds. The Hall–Kier alpha value is -0.850. The van der Waals surface area contributed by atoms with Crippen LogP contribution in [0.1, 0.15) is 4.88 Å². The summed E-state index contributed by atoms with van der Waals surface area (Å²) in [5, 5.41) is 5.23. The minimum Gasteiger partial charge on any atom is -0.380 e. The molecule has 0 radical (unpaired) electrons. The Balaban J connectivity index is 2.11. The highest BCUT2D eigenvalue weighted by Gasteiger charge is 2.07. The Morgan fingerprint density at radius 1 is 1.33 bits per heavy atom. The monoisotopic (exact) mass is 345 g/mol. The summed E-state index contributed by atoms with van der Waals surface area (Å²) in [6.07, 6.45) is 1.21. The number of hydrogen-bond acceptors (Lipinski definition) is 4. The standard InChI is InChI=1S/C12H12BrNO2S2/c1-18(15,16)12-4-2-3-10(6-12)14-7-11-5-9(13)8-17-11/h2-6,8,14H,7H2,1H3. The van der Waals surface area contributed by atoms with E-state index in [-0.39, 0.29) is 0 Å². The Kier molecular flexibility index (Phi) is 4.09. The molecule has 0 aliphatic rings. The van der Waals surface area contributed by atoms with Crippen molar-refractivity contribution in [1.82, 2.24) is 0 Å². The molecule has 1 aromatic heterocycles. The first-order chi connectivity index (χ1) is 8.45. The van der Waals surface area contributed by atoms with Crippen molar-refractivity contribution in [2.45, 2.75) is 11.4 Å². The lowest BCUT2D eigenvalue weighted by Gasteiger charge is -2.06. The van der Waals surface area contributed by atoms with Gasteiger partial charge in [-0.15, -0.1) is 11.3 Å². The van der Waals surface area contributed by atoms with E-state index >= 15 is 0 Å². The summed E-state index contributed by atoms with van der Waals surface area (Å²) < 4.78 is 23.9. The molecule has 0 spiro atoms. The van der Waals surface area contributed by atoms with Crippen LogP contribution in [0, 0.1) is 0 Å². The quantitative estimate of drug-likeness (QED) is 0.921. The molecule has 0 unspecified atom stereocenters. The minimum atomic E-state index is -3.15. The van der Waals surface area contributed by atoms with Crippen LogP contribution in [0.3, 0.4) is 0 Å². The van der Waals surface area contributed by atoms with Crippen molar-refractivity contribution in [2.24, 2.45) is 0 Å². The molecule has 3 nitrogen and oxygen atoms in total. The van der Waals surface area contributed by atoms with Gasteiger partial charge in [-0.2, -0.15) is 0 Å². The first-order valence-corrected chi connectivity index (χ1v) is 8.78. The third kappa shape index (κ3) is 3.57. The summed E-state index contributed by atoms with van der Waals surface area (Å²) >= 11 is 5.05. The van der Waals surface area contributed by atoms with Gasteiger partial charge in [-0.1, -0.05) is 6.07 Å². The van der Waals surface area contributed by atoms with Crippen molar-refractivity contribution in [2.75, 3.05) is 11.6 Å². The van der Waals surface area contributed by atoms with Crippen LogP contribution in [0.5, 0.6) is 0 Å². The Bertz CT molecular complexity index is 650. The molecule has 0 bridgehead atoms. The van der Waals surface area contributed by atoms with Crippen LogP contribution in [0.2, 0.25) is 0 Å². The number of anilines is 1. The average molecular weight is 346 g/mol. The predicted molar refractivity (Wildman–Crippen MR) is 78.9 cm³/mol. The predicted octanol–water partition coefficient (Wildman–Crippen LogP) is 3.53. The molecular weight excluding hydrogens is 334 g/mol. The van der Waals surface area contributed by atoms with Crippen molar-refractivity contribution < 1.29 is 8.42 Å². The second kappa shape index (κ2) is 5.42. The van der Waals surface area contributed by atoms with E-state index in [0.717, 1.165) is 10.2 Å². The maximum absolute atomic E-state index is 11.4. The molecule has 1 heterocycles. The molecule has 0 aliphatic heterocycles. The molecule has 0 saturated carbocycles. The fourth-order valence-corrected chi connectivity index (χ4v) is 3.53. The van der Waals surface area contributed by atoms with Crippen LogP contribution in [-0.4, -0.2) is 14.7 Å². The van der Waals surface area contributed by atoms with E-state index in [9.17, 15) is 8.42 Å². The van der Waals surface area contributed by atoms with Gasteiger partial charge >= 0.3 is 0 Å². The number of benzene rings is 1. The molecule has 96 valence electrons. The molecular formula is C12H12BrNO2S2. The van der Waals surface area contributed by atoms with E-state index in [1.54, 1.807) is 29.5 Å². The van der Waals surface area contributed by atoms with Crippen LogP contribution in [0.4, 0.5) is 5.69 Å². The van der Waals surface area contributed by atoms with E-state index < -0.39 is 9.84 Å². The lowest BCUT2D eigenvalue weighted by atomic mass is 10.3. The highest BCUT2D eigenvalue weighted by molar-refractivity contribution is 9.10. The average Bonchev–Trinajstić information content (AvgIpc) is 2.72. The number of nitrogens with one attached hydrogen (secondary N) is 1. The third-order valence-electron chi connectivity index (χ3n) is 2.35. The maximum Gasteiger partial charge on any atom is 0.175 e. The highest BCUT2D eigenvalue weighted by Crippen LogP contribution is 2.21. The molecule has 0 aliphatic carbocycles. The zero-order valence-corrected chi connectivity index (χ0v) is 12.9. The van der Waals surface area contributed by atoms with E-state index in [1.165, 1.54) is 11.1 Å². The van der Waals surface area contributed by atoms with Crippen LogP contribution in [-0.2, 0) is 16.4 Å². The van der Waals surface area contributed by atoms with Crippen molar-refractivity contribution in [3.8, 4) is 0 Å². The van der Waals surface area contributed by atoms with Gasteiger partial charge in [0.25, 0.3) is 0 Å². The zero-order valence-electron chi connectivity index (χ0n) is 9.68. The Labute approximate surface area is 119 Å². The van der Waals surface area contributed by atoms with Crippen molar-refractivity contribution >= 4 is 42.8 Å². The van der Waals surface area contributed by atoms with Crippen molar-refractivity contribution in [3.63, 3.8) is 0 Å². The van der Waals surface area contributed by atoms with Crippen molar-refractivity contribution in [3.05, 3.63) is 45.1 Å². The van der Waals surface area contributed by atoms with Gasteiger partial charge in [-0.05, 0) is 40.2 Å². The topological polar surface area (TPSA) is 46.2 Å². The van der Waals surface area contributed by atoms with Gasteiger partial charge in [0.05, 0.1) is 4.90 Å². The Morgan fingerprint density at radius 2 is 2.11 bits per heavy atom. The molecule has 18 heavy (non-hydrogen) atoms. The molecule has 0 saturated heterocycles. The molecule has 0 fully saturated rings. The van der Waals surface area contributed by atoms with E-state index in [1.807, 2.05) is 17.5 Å². The number of halogens is 1. The minimum absolute atomic E-state index is 0.333. The largest absolute Gasteiger partial charge is 0.380 e. The summed E-state index contributed by atoms with van der Waals surface area (Å²) in [4.78, 5) is 1.52. The zero-order chi connectivity index (χ0) is 13.2. The molecule has 6 heteroatoms. The van der Waals surface area contributed by atoms with Gasteiger partial charge in [0.1, 0.15) is 0 Å². The summed E-state index contributed by atoms with van der Waals surface area (Å²) in [6.45, 7) is 0.684. The lowest BCUT2D eigenvalue weighted by Crippen LogP contribution is -2.01. The van der Waals surface area contributed by atoms with Gasteiger partial charge in [-0.25, -0.2) is 8.42 Å². The van der Waals surface area contributed by atoms with Gasteiger partial charge in [-0.3, -0.25) is 0 Å². The smallest absolute Gasteiger partial charge is 0.175 e. The number of sulfone groups is 1. The second-order valence-corrected chi connectivity index (χ2v) is 7.81. The van der Waals surface area contributed by atoms with Gasteiger partial charge in [0.2, 0.25) is 0 Å². The number of thiophene rings is 1.